The first kappa shape index (κ1) is 14.4. The van der Waals surface area contributed by atoms with Crippen LogP contribution in [0.15, 0.2) is 47.1 Å². The van der Waals surface area contributed by atoms with E-state index in [1.54, 1.807) is 6.20 Å². The first-order chi connectivity index (χ1) is 9.99. The number of hydrogen-bond acceptors (Lipinski definition) is 2. The summed E-state index contributed by atoms with van der Waals surface area (Å²) in [5.41, 5.74) is 1.19. The van der Waals surface area contributed by atoms with Gasteiger partial charge in [-0.1, -0.05) is 23.7 Å². The summed E-state index contributed by atoms with van der Waals surface area (Å²) in [5, 5.41) is 6.58. The SMILES string of the molecule is C[C@@]1(c2ccc(Cl)cc2)NC(=O)N[C@@H]1c1ccc(Br)cn1. The molecule has 1 fully saturated rings. The van der Waals surface area contributed by atoms with E-state index >= 15 is 0 Å². The fourth-order valence-corrected chi connectivity index (χ4v) is 2.94. The molecule has 2 amide bonds. The van der Waals surface area contributed by atoms with Crippen molar-refractivity contribution in [3.8, 4) is 0 Å². The molecule has 1 aliphatic heterocycles. The lowest BCUT2D eigenvalue weighted by molar-refractivity contribution is 0.245. The normalized spacial score (nSPS) is 24.5. The third kappa shape index (κ3) is 2.63. The lowest BCUT2D eigenvalue weighted by Crippen LogP contribution is -2.39. The van der Waals surface area contributed by atoms with Crippen LogP contribution in [-0.2, 0) is 5.54 Å². The molecule has 0 aliphatic carbocycles. The van der Waals surface area contributed by atoms with Crippen LogP contribution in [0.4, 0.5) is 4.79 Å². The average Bonchev–Trinajstić information content (AvgIpc) is 2.76. The lowest BCUT2D eigenvalue weighted by atomic mass is 9.84. The summed E-state index contributed by atoms with van der Waals surface area (Å²) in [4.78, 5) is 16.3. The van der Waals surface area contributed by atoms with Crippen molar-refractivity contribution in [2.75, 3.05) is 0 Å². The van der Waals surface area contributed by atoms with Crippen LogP contribution in [0.2, 0.25) is 5.02 Å². The topological polar surface area (TPSA) is 54.0 Å². The number of aromatic nitrogens is 1. The maximum absolute atomic E-state index is 11.9. The number of carbonyl (C=O) groups is 1. The Balaban J connectivity index is 2.04. The quantitative estimate of drug-likeness (QED) is 0.850. The Morgan fingerprint density at radius 1 is 1.24 bits per heavy atom. The molecule has 1 aliphatic rings. The molecular formula is C15H13BrClN3O. The highest BCUT2D eigenvalue weighted by Gasteiger charge is 2.45. The molecule has 0 saturated carbocycles. The van der Waals surface area contributed by atoms with E-state index in [-0.39, 0.29) is 12.1 Å². The van der Waals surface area contributed by atoms with E-state index in [1.165, 1.54) is 0 Å². The molecular weight excluding hydrogens is 354 g/mol. The molecule has 4 nitrogen and oxygen atoms in total. The Morgan fingerprint density at radius 3 is 2.57 bits per heavy atom. The lowest BCUT2D eigenvalue weighted by Gasteiger charge is -2.30. The number of hydrogen-bond donors (Lipinski definition) is 2. The van der Waals surface area contributed by atoms with Gasteiger partial charge in [0.15, 0.2) is 0 Å². The molecule has 21 heavy (non-hydrogen) atoms. The van der Waals surface area contributed by atoms with Crippen molar-refractivity contribution in [1.29, 1.82) is 0 Å². The molecule has 3 rings (SSSR count). The second kappa shape index (κ2) is 5.31. The first-order valence-corrected chi connectivity index (χ1v) is 7.62. The van der Waals surface area contributed by atoms with Crippen LogP contribution in [0, 0.1) is 0 Å². The number of nitrogens with zero attached hydrogens (tertiary/aromatic N) is 1. The Bertz CT molecular complexity index is 674. The van der Waals surface area contributed by atoms with E-state index in [4.69, 9.17) is 11.6 Å². The van der Waals surface area contributed by atoms with Gasteiger partial charge in [0.1, 0.15) is 0 Å². The molecule has 2 atom stereocenters. The monoisotopic (exact) mass is 365 g/mol. The third-order valence-electron chi connectivity index (χ3n) is 3.72. The van der Waals surface area contributed by atoms with Gasteiger partial charge in [-0.15, -0.1) is 0 Å². The van der Waals surface area contributed by atoms with Gasteiger partial charge in [0.25, 0.3) is 0 Å². The second-order valence-electron chi connectivity index (χ2n) is 5.14. The molecule has 2 heterocycles. The van der Waals surface area contributed by atoms with E-state index in [1.807, 2.05) is 43.3 Å². The fraction of sp³-hybridized carbons (Fsp3) is 0.200. The van der Waals surface area contributed by atoms with E-state index < -0.39 is 5.54 Å². The van der Waals surface area contributed by atoms with Gasteiger partial charge < -0.3 is 10.6 Å². The summed E-state index contributed by atoms with van der Waals surface area (Å²) in [6, 6.07) is 10.8. The van der Waals surface area contributed by atoms with Crippen LogP contribution >= 0.6 is 27.5 Å². The Labute approximate surface area is 136 Å². The molecule has 0 unspecified atom stereocenters. The zero-order chi connectivity index (χ0) is 15.0. The highest BCUT2D eigenvalue weighted by molar-refractivity contribution is 9.10. The maximum Gasteiger partial charge on any atom is 0.316 e. The zero-order valence-corrected chi connectivity index (χ0v) is 13.6. The predicted molar refractivity (Wildman–Crippen MR) is 85.1 cm³/mol. The number of pyridine rings is 1. The maximum atomic E-state index is 11.9. The predicted octanol–water partition coefficient (Wildman–Crippen LogP) is 3.77. The van der Waals surface area contributed by atoms with E-state index in [0.717, 1.165) is 15.7 Å². The van der Waals surface area contributed by atoms with Gasteiger partial charge in [0, 0.05) is 15.7 Å². The minimum atomic E-state index is -0.581. The van der Waals surface area contributed by atoms with E-state index in [9.17, 15) is 4.79 Å². The molecule has 2 aromatic rings. The highest BCUT2D eigenvalue weighted by atomic mass is 79.9. The Hall–Kier alpha value is -1.59. The van der Waals surface area contributed by atoms with E-state index in [0.29, 0.717) is 5.02 Å². The van der Waals surface area contributed by atoms with Crippen LogP contribution in [0.5, 0.6) is 0 Å². The van der Waals surface area contributed by atoms with Crippen molar-refractivity contribution in [3.05, 3.63) is 63.3 Å². The molecule has 1 saturated heterocycles. The summed E-state index contributed by atoms with van der Waals surface area (Å²) in [5.74, 6) is 0. The largest absolute Gasteiger partial charge is 0.327 e. The van der Waals surface area contributed by atoms with Gasteiger partial charge in [0.2, 0.25) is 0 Å². The van der Waals surface area contributed by atoms with Crippen LogP contribution in [-0.4, -0.2) is 11.0 Å². The number of benzene rings is 1. The van der Waals surface area contributed by atoms with E-state index in [2.05, 4.69) is 31.5 Å². The van der Waals surface area contributed by atoms with Crippen LogP contribution in [0.25, 0.3) is 0 Å². The minimum Gasteiger partial charge on any atom is -0.327 e. The van der Waals surface area contributed by atoms with Crippen molar-refractivity contribution in [1.82, 2.24) is 15.6 Å². The number of halogens is 2. The van der Waals surface area contributed by atoms with Crippen molar-refractivity contribution in [2.45, 2.75) is 18.5 Å². The standard InChI is InChI=1S/C15H13BrClN3O/c1-15(9-2-5-11(17)6-3-9)13(19-14(21)20-15)12-7-4-10(16)8-18-12/h2-8,13H,1H3,(H2,19,20,21)/t13-,15+/m1/s1. The second-order valence-corrected chi connectivity index (χ2v) is 6.49. The zero-order valence-electron chi connectivity index (χ0n) is 11.2. The van der Waals surface area contributed by atoms with Crippen molar-refractivity contribution >= 4 is 33.6 Å². The smallest absolute Gasteiger partial charge is 0.316 e. The summed E-state index contributed by atoms with van der Waals surface area (Å²) >= 11 is 9.31. The van der Waals surface area contributed by atoms with Crippen molar-refractivity contribution in [2.24, 2.45) is 0 Å². The number of carbonyl (C=O) groups excluding carboxylic acids is 1. The molecule has 6 heteroatoms. The molecule has 1 aromatic heterocycles. The average molecular weight is 367 g/mol. The molecule has 2 N–H and O–H groups in total. The highest BCUT2D eigenvalue weighted by Crippen LogP contribution is 2.38. The minimum absolute atomic E-state index is 0.206. The van der Waals surface area contributed by atoms with Crippen LogP contribution < -0.4 is 10.6 Å². The number of amides is 2. The van der Waals surface area contributed by atoms with Gasteiger partial charge in [0.05, 0.1) is 17.3 Å². The van der Waals surface area contributed by atoms with Crippen molar-refractivity contribution in [3.63, 3.8) is 0 Å². The first-order valence-electron chi connectivity index (χ1n) is 6.45. The Kier molecular flexibility index (Phi) is 3.63. The van der Waals surface area contributed by atoms with Gasteiger partial charge in [-0.05, 0) is 52.7 Å². The summed E-state index contributed by atoms with van der Waals surface area (Å²) in [7, 11) is 0. The molecule has 108 valence electrons. The molecule has 0 radical (unpaired) electrons. The van der Waals surface area contributed by atoms with Crippen LogP contribution in [0.1, 0.15) is 24.2 Å². The summed E-state index contributed by atoms with van der Waals surface area (Å²) < 4.78 is 0.900. The fourth-order valence-electron chi connectivity index (χ4n) is 2.58. The molecule has 0 spiro atoms. The Morgan fingerprint density at radius 2 is 1.95 bits per heavy atom. The number of nitrogens with one attached hydrogen (secondary N) is 2. The van der Waals surface area contributed by atoms with Gasteiger partial charge in [-0.25, -0.2) is 4.79 Å². The third-order valence-corrected chi connectivity index (χ3v) is 4.44. The molecule has 1 aromatic carbocycles. The van der Waals surface area contributed by atoms with Gasteiger partial charge >= 0.3 is 6.03 Å². The summed E-state index contributed by atoms with van der Waals surface area (Å²) in [6.07, 6.45) is 1.72. The summed E-state index contributed by atoms with van der Waals surface area (Å²) in [6.45, 7) is 1.97. The number of rotatable bonds is 2. The van der Waals surface area contributed by atoms with Gasteiger partial charge in [-0.2, -0.15) is 0 Å². The molecule has 0 bridgehead atoms. The van der Waals surface area contributed by atoms with Crippen LogP contribution in [0.3, 0.4) is 0 Å². The number of urea groups is 1. The van der Waals surface area contributed by atoms with Crippen molar-refractivity contribution < 1.29 is 4.79 Å². The van der Waals surface area contributed by atoms with Gasteiger partial charge in [-0.3, -0.25) is 4.98 Å².